The highest BCUT2D eigenvalue weighted by Gasteiger charge is 2.17. The van der Waals surface area contributed by atoms with Gasteiger partial charge in [-0.3, -0.25) is 4.57 Å². The maximum absolute atomic E-state index is 13.0. The van der Waals surface area contributed by atoms with Crippen LogP contribution < -0.4 is 0 Å². The second kappa shape index (κ2) is 4.74. The molecule has 90 valence electrons. The highest BCUT2D eigenvalue weighted by molar-refractivity contribution is 9.10. The van der Waals surface area contributed by atoms with Crippen molar-refractivity contribution < 1.29 is 4.39 Å². The minimum Gasteiger partial charge on any atom is -0.268 e. The van der Waals surface area contributed by atoms with Crippen LogP contribution in [-0.4, -0.2) is 14.8 Å². The number of hydrogen-bond acceptors (Lipinski definition) is 2. The summed E-state index contributed by atoms with van der Waals surface area (Å²) in [6, 6.07) is 4.40. The van der Waals surface area contributed by atoms with Crippen LogP contribution in [-0.2, 0) is 0 Å². The summed E-state index contributed by atoms with van der Waals surface area (Å²) in [6.07, 6.45) is 0. The first-order valence-corrected chi connectivity index (χ1v) is 6.24. The molecule has 0 saturated carbocycles. The summed E-state index contributed by atoms with van der Waals surface area (Å²) in [6.45, 7) is 3.99. The first-order valence-electron chi connectivity index (χ1n) is 5.07. The summed E-state index contributed by atoms with van der Waals surface area (Å²) in [4.78, 5) is 0. The molecule has 2 rings (SSSR count). The third-order valence-corrected chi connectivity index (χ3v) is 3.20. The molecule has 0 spiro atoms. The number of aromatic nitrogens is 3. The van der Waals surface area contributed by atoms with E-state index in [1.54, 1.807) is 10.6 Å². The second-order valence-electron chi connectivity index (χ2n) is 3.91. The number of halogens is 3. The molecular formula is C11H10BrClFN3. The Hall–Kier alpha value is -0.940. The largest absolute Gasteiger partial charge is 0.268 e. The molecule has 1 heterocycles. The molecule has 1 aromatic carbocycles. The minimum atomic E-state index is -0.309. The molecule has 0 amide bonds. The first kappa shape index (κ1) is 12.5. The van der Waals surface area contributed by atoms with Gasteiger partial charge in [-0.25, -0.2) is 4.39 Å². The monoisotopic (exact) mass is 317 g/mol. The van der Waals surface area contributed by atoms with Crippen molar-refractivity contribution in [3.05, 3.63) is 39.6 Å². The second-order valence-corrected chi connectivity index (χ2v) is 5.11. The average molecular weight is 319 g/mol. The van der Waals surface area contributed by atoms with Crippen LogP contribution in [0.3, 0.4) is 0 Å². The van der Waals surface area contributed by atoms with Gasteiger partial charge >= 0.3 is 0 Å². The van der Waals surface area contributed by atoms with E-state index >= 15 is 0 Å². The topological polar surface area (TPSA) is 30.7 Å². The van der Waals surface area contributed by atoms with Gasteiger partial charge in [0, 0.05) is 10.4 Å². The van der Waals surface area contributed by atoms with Crippen LogP contribution in [0.1, 0.15) is 25.6 Å². The van der Waals surface area contributed by atoms with Crippen molar-refractivity contribution in [3.63, 3.8) is 0 Å². The van der Waals surface area contributed by atoms with Crippen molar-refractivity contribution >= 4 is 27.5 Å². The van der Waals surface area contributed by atoms with Gasteiger partial charge < -0.3 is 0 Å². The zero-order valence-corrected chi connectivity index (χ0v) is 11.6. The molecule has 0 radical (unpaired) electrons. The normalized spacial score (nSPS) is 11.2. The fourth-order valence-electron chi connectivity index (χ4n) is 1.54. The molecule has 0 aliphatic heterocycles. The molecule has 0 bridgehead atoms. The van der Waals surface area contributed by atoms with E-state index in [9.17, 15) is 4.39 Å². The molecule has 6 heteroatoms. The lowest BCUT2D eigenvalue weighted by molar-refractivity contribution is 0.626. The van der Waals surface area contributed by atoms with Crippen LogP contribution in [0.2, 0.25) is 5.28 Å². The lowest BCUT2D eigenvalue weighted by Crippen LogP contribution is -2.04. The molecule has 0 unspecified atom stereocenters. The Kier molecular flexibility index (Phi) is 3.49. The molecule has 0 N–H and O–H groups in total. The van der Waals surface area contributed by atoms with E-state index < -0.39 is 0 Å². The van der Waals surface area contributed by atoms with Gasteiger partial charge in [0.2, 0.25) is 5.28 Å². The third-order valence-electron chi connectivity index (χ3n) is 2.32. The highest BCUT2D eigenvalue weighted by atomic mass is 79.9. The van der Waals surface area contributed by atoms with E-state index in [4.69, 9.17) is 11.6 Å². The van der Waals surface area contributed by atoms with Gasteiger partial charge in [-0.15, -0.1) is 10.2 Å². The van der Waals surface area contributed by atoms with Crippen LogP contribution in [0.25, 0.3) is 5.69 Å². The number of hydrogen-bond donors (Lipinski definition) is 0. The minimum absolute atomic E-state index is 0.173. The van der Waals surface area contributed by atoms with E-state index in [1.165, 1.54) is 12.1 Å². The Morgan fingerprint density at radius 3 is 2.65 bits per heavy atom. The molecule has 17 heavy (non-hydrogen) atoms. The quantitative estimate of drug-likeness (QED) is 0.839. The molecule has 3 nitrogen and oxygen atoms in total. The summed E-state index contributed by atoms with van der Waals surface area (Å²) < 4.78 is 15.4. The maximum atomic E-state index is 13.0. The van der Waals surface area contributed by atoms with E-state index in [2.05, 4.69) is 26.1 Å². The molecule has 0 saturated heterocycles. The summed E-state index contributed by atoms with van der Waals surface area (Å²) in [5, 5.41) is 8.13. The summed E-state index contributed by atoms with van der Waals surface area (Å²) in [7, 11) is 0. The number of rotatable bonds is 2. The first-order chi connectivity index (χ1) is 8.00. The van der Waals surface area contributed by atoms with Crippen molar-refractivity contribution in [2.24, 2.45) is 0 Å². The molecule has 0 atom stereocenters. The van der Waals surface area contributed by atoms with Gasteiger partial charge in [-0.05, 0) is 45.7 Å². The van der Waals surface area contributed by atoms with Gasteiger partial charge in [0.15, 0.2) is 0 Å². The third kappa shape index (κ3) is 2.35. The molecular weight excluding hydrogens is 308 g/mol. The van der Waals surface area contributed by atoms with Crippen LogP contribution in [0, 0.1) is 5.82 Å². The van der Waals surface area contributed by atoms with E-state index in [1.807, 2.05) is 13.8 Å². The van der Waals surface area contributed by atoms with Gasteiger partial charge in [-0.1, -0.05) is 13.8 Å². The fourth-order valence-corrected chi connectivity index (χ4v) is 2.28. The van der Waals surface area contributed by atoms with Crippen molar-refractivity contribution in [1.82, 2.24) is 14.8 Å². The van der Waals surface area contributed by atoms with Crippen molar-refractivity contribution in [2.45, 2.75) is 19.8 Å². The number of nitrogens with zero attached hydrogens (tertiary/aromatic N) is 3. The molecule has 2 aromatic rings. The van der Waals surface area contributed by atoms with Gasteiger partial charge in [-0.2, -0.15) is 0 Å². The van der Waals surface area contributed by atoms with Crippen LogP contribution >= 0.6 is 27.5 Å². The molecule has 1 aromatic heterocycles. The Bertz CT molecular complexity index is 554. The van der Waals surface area contributed by atoms with Gasteiger partial charge in [0.1, 0.15) is 11.6 Å². The Morgan fingerprint density at radius 1 is 1.35 bits per heavy atom. The highest BCUT2D eigenvalue weighted by Crippen LogP contribution is 2.28. The SMILES string of the molecule is CC(C)c1nnc(Cl)n1-c1ccc(F)cc1Br. The van der Waals surface area contributed by atoms with Crippen molar-refractivity contribution in [2.75, 3.05) is 0 Å². The van der Waals surface area contributed by atoms with Gasteiger partial charge in [0.25, 0.3) is 0 Å². The maximum Gasteiger partial charge on any atom is 0.229 e. The van der Waals surface area contributed by atoms with E-state index in [0.29, 0.717) is 4.47 Å². The zero-order valence-electron chi connectivity index (χ0n) is 9.28. The van der Waals surface area contributed by atoms with Gasteiger partial charge in [0.05, 0.1) is 5.69 Å². The lowest BCUT2D eigenvalue weighted by atomic mass is 10.2. The van der Waals surface area contributed by atoms with E-state index in [-0.39, 0.29) is 17.0 Å². The standard InChI is InChI=1S/C11H10BrClFN3/c1-6(2)10-15-16-11(13)17(10)9-4-3-7(14)5-8(9)12/h3-6H,1-2H3. The van der Waals surface area contributed by atoms with Crippen LogP contribution in [0.15, 0.2) is 22.7 Å². The van der Waals surface area contributed by atoms with Crippen LogP contribution in [0.4, 0.5) is 4.39 Å². The summed E-state index contributed by atoms with van der Waals surface area (Å²) in [5.41, 5.74) is 0.727. The van der Waals surface area contributed by atoms with E-state index in [0.717, 1.165) is 11.5 Å². The smallest absolute Gasteiger partial charge is 0.229 e. The molecule has 0 aliphatic rings. The van der Waals surface area contributed by atoms with Crippen LogP contribution in [0.5, 0.6) is 0 Å². The lowest BCUT2D eigenvalue weighted by Gasteiger charge is -2.11. The number of benzene rings is 1. The molecule has 0 fully saturated rings. The Labute approximate surface area is 112 Å². The fraction of sp³-hybridized carbons (Fsp3) is 0.273. The molecule has 0 aliphatic carbocycles. The Balaban J connectivity index is 2.63. The van der Waals surface area contributed by atoms with Crippen molar-refractivity contribution in [3.8, 4) is 5.69 Å². The Morgan fingerprint density at radius 2 is 2.06 bits per heavy atom. The summed E-state index contributed by atoms with van der Waals surface area (Å²) in [5.74, 6) is 0.602. The predicted molar refractivity (Wildman–Crippen MR) is 68.1 cm³/mol. The predicted octanol–water partition coefficient (Wildman–Crippen LogP) is 3.95. The van der Waals surface area contributed by atoms with Crippen molar-refractivity contribution in [1.29, 1.82) is 0 Å². The average Bonchev–Trinajstić information content (AvgIpc) is 2.60. The summed E-state index contributed by atoms with van der Waals surface area (Å²) >= 11 is 9.32. The zero-order chi connectivity index (χ0) is 12.6.